The lowest BCUT2D eigenvalue weighted by atomic mass is 9.54. The van der Waals surface area contributed by atoms with E-state index in [0.29, 0.717) is 48.6 Å². The first-order valence-corrected chi connectivity index (χ1v) is 11.1. The van der Waals surface area contributed by atoms with Crippen LogP contribution in [-0.2, 0) is 9.59 Å². The van der Waals surface area contributed by atoms with Crippen LogP contribution in [0.2, 0.25) is 0 Å². The average Bonchev–Trinajstić information content (AvgIpc) is 2.60. The number of carbonyl (C=O) groups is 2. The monoisotopic (exact) mass is 360 g/mol. The Hall–Kier alpha value is -1.06. The van der Waals surface area contributed by atoms with Crippen molar-refractivity contribution in [3.05, 3.63) is 0 Å². The summed E-state index contributed by atoms with van der Waals surface area (Å²) in [6.07, 6.45) is 10.9. The highest BCUT2D eigenvalue weighted by Crippen LogP contribution is 2.53. The minimum atomic E-state index is 0.0520. The molecule has 0 aromatic carbocycles. The Morgan fingerprint density at radius 2 is 1.38 bits per heavy atom. The van der Waals surface area contributed by atoms with Crippen molar-refractivity contribution in [2.45, 2.75) is 90.1 Å². The van der Waals surface area contributed by atoms with Gasteiger partial charge in [-0.15, -0.1) is 0 Å². The Morgan fingerprint density at radius 1 is 0.808 bits per heavy atom. The molecule has 26 heavy (non-hydrogen) atoms. The summed E-state index contributed by atoms with van der Waals surface area (Å²) in [5, 5.41) is 6.51. The Bertz CT molecular complexity index is 518. The normalized spacial score (nSPS) is 43.9. The summed E-state index contributed by atoms with van der Waals surface area (Å²) in [6.45, 7) is 4.52. The van der Waals surface area contributed by atoms with E-state index < -0.39 is 0 Å². The van der Waals surface area contributed by atoms with Crippen molar-refractivity contribution in [1.29, 1.82) is 0 Å². The summed E-state index contributed by atoms with van der Waals surface area (Å²) in [4.78, 5) is 24.8. The maximum Gasteiger partial charge on any atom is 0.220 e. The lowest BCUT2D eigenvalue weighted by molar-refractivity contribution is -0.129. The molecule has 4 bridgehead atoms. The zero-order chi connectivity index (χ0) is 18.3. The molecule has 5 aliphatic rings. The Kier molecular flexibility index (Phi) is 5.29. The van der Waals surface area contributed by atoms with E-state index >= 15 is 0 Å². The van der Waals surface area contributed by atoms with E-state index in [1.54, 1.807) is 0 Å². The summed E-state index contributed by atoms with van der Waals surface area (Å²) < 4.78 is 0. The number of hydrogen-bond acceptors (Lipinski definition) is 2. The molecule has 4 heteroatoms. The Morgan fingerprint density at radius 3 is 2.00 bits per heavy atom. The van der Waals surface area contributed by atoms with Gasteiger partial charge in [0.1, 0.15) is 0 Å². The van der Waals surface area contributed by atoms with Gasteiger partial charge in [0, 0.05) is 24.9 Å². The van der Waals surface area contributed by atoms with Crippen LogP contribution in [0.15, 0.2) is 0 Å². The van der Waals surface area contributed by atoms with Gasteiger partial charge in [-0.05, 0) is 74.0 Å². The van der Waals surface area contributed by atoms with E-state index in [2.05, 4.69) is 24.5 Å². The van der Waals surface area contributed by atoms with Gasteiger partial charge in [-0.3, -0.25) is 9.59 Å². The number of carbonyl (C=O) groups excluding carboxylic acids is 2. The molecule has 5 rings (SSSR count). The molecule has 0 aromatic heterocycles. The summed E-state index contributed by atoms with van der Waals surface area (Å²) in [6, 6.07) is 0.677. The molecule has 0 radical (unpaired) electrons. The molecule has 3 atom stereocenters. The summed E-state index contributed by atoms with van der Waals surface area (Å²) in [5.41, 5.74) is 0. The van der Waals surface area contributed by atoms with Crippen molar-refractivity contribution in [1.82, 2.24) is 10.6 Å². The third-order valence-corrected chi connectivity index (χ3v) is 8.19. The lowest BCUT2D eigenvalue weighted by Gasteiger charge is -2.54. The zero-order valence-electron chi connectivity index (χ0n) is 16.5. The number of amides is 2. The molecular formula is C22H36N2O2. The van der Waals surface area contributed by atoms with Gasteiger partial charge in [-0.2, -0.15) is 0 Å². The van der Waals surface area contributed by atoms with Crippen LogP contribution in [0, 0.1) is 35.5 Å². The van der Waals surface area contributed by atoms with Crippen LogP contribution in [-0.4, -0.2) is 23.9 Å². The second kappa shape index (κ2) is 7.52. The second-order valence-electron chi connectivity index (χ2n) is 9.97. The first-order valence-electron chi connectivity index (χ1n) is 11.1. The highest BCUT2D eigenvalue weighted by molar-refractivity contribution is 5.84. The smallest absolute Gasteiger partial charge is 0.220 e. The van der Waals surface area contributed by atoms with E-state index in [0.717, 1.165) is 18.3 Å². The zero-order valence-corrected chi connectivity index (χ0v) is 16.5. The highest BCUT2D eigenvalue weighted by atomic mass is 16.2. The van der Waals surface area contributed by atoms with Gasteiger partial charge in [-0.1, -0.05) is 26.7 Å². The van der Waals surface area contributed by atoms with Gasteiger partial charge in [-0.25, -0.2) is 0 Å². The molecule has 0 heterocycles. The van der Waals surface area contributed by atoms with Gasteiger partial charge in [0.15, 0.2) is 0 Å². The fourth-order valence-electron chi connectivity index (χ4n) is 6.71. The second-order valence-corrected chi connectivity index (χ2v) is 9.97. The minimum absolute atomic E-state index is 0.0520. The maximum atomic E-state index is 12.5. The average molecular weight is 361 g/mol. The Balaban J connectivity index is 1.21. The molecule has 5 aliphatic carbocycles. The van der Waals surface area contributed by atoms with Crippen molar-refractivity contribution >= 4 is 11.8 Å². The first kappa shape index (κ1) is 18.3. The molecule has 2 N–H and O–H groups in total. The number of nitrogens with one attached hydrogen (secondary N) is 2. The van der Waals surface area contributed by atoms with Crippen LogP contribution < -0.4 is 10.6 Å². The standard InChI is InChI=1S/C22H36N2O2/c1-13-4-3-5-19(14(13)2)23-20(25)6-7-21(26)24-22-17-9-15-8-16(11-17)12-18(22)10-15/h13-19,22H,3-12H2,1-2H3,(H,23,25)(H,24,26)/t13-,14+,15?,16?,17?,18?,19-,22?/m0/s1. The summed E-state index contributed by atoms with van der Waals surface area (Å²) >= 11 is 0. The molecule has 2 amide bonds. The van der Waals surface area contributed by atoms with Crippen LogP contribution in [0.5, 0.6) is 0 Å². The SMILES string of the molecule is C[C@H]1[C@@H](NC(=O)CCC(=O)NC2C3CC4CC(C3)CC2C4)CCC[C@@H]1C. The molecular weight excluding hydrogens is 324 g/mol. The molecule has 0 aliphatic heterocycles. The van der Waals surface area contributed by atoms with Crippen LogP contribution in [0.3, 0.4) is 0 Å². The van der Waals surface area contributed by atoms with Crippen LogP contribution >= 0.6 is 0 Å². The third-order valence-electron chi connectivity index (χ3n) is 8.19. The Labute approximate surface area is 158 Å². The minimum Gasteiger partial charge on any atom is -0.353 e. The molecule has 5 fully saturated rings. The number of rotatable bonds is 5. The molecule has 146 valence electrons. The van der Waals surface area contributed by atoms with E-state index in [4.69, 9.17) is 0 Å². The predicted octanol–water partition coefficient (Wildman–Crippen LogP) is 3.65. The van der Waals surface area contributed by atoms with Crippen molar-refractivity contribution in [3.63, 3.8) is 0 Å². The molecule has 0 saturated heterocycles. The molecule has 5 saturated carbocycles. The van der Waals surface area contributed by atoms with Crippen LogP contribution in [0.4, 0.5) is 0 Å². The molecule has 4 nitrogen and oxygen atoms in total. The van der Waals surface area contributed by atoms with Crippen LogP contribution in [0.1, 0.15) is 78.1 Å². The molecule has 0 unspecified atom stereocenters. The van der Waals surface area contributed by atoms with E-state index in [1.807, 2.05) is 0 Å². The fourth-order valence-corrected chi connectivity index (χ4v) is 6.71. The first-order chi connectivity index (χ1) is 12.5. The quantitative estimate of drug-likeness (QED) is 0.786. The van der Waals surface area contributed by atoms with Gasteiger partial charge in [0.2, 0.25) is 11.8 Å². The predicted molar refractivity (Wildman–Crippen MR) is 102 cm³/mol. The third kappa shape index (κ3) is 3.80. The van der Waals surface area contributed by atoms with Crippen molar-refractivity contribution in [2.75, 3.05) is 0 Å². The van der Waals surface area contributed by atoms with Gasteiger partial charge >= 0.3 is 0 Å². The van der Waals surface area contributed by atoms with E-state index in [1.165, 1.54) is 44.9 Å². The van der Waals surface area contributed by atoms with Gasteiger partial charge in [0.05, 0.1) is 0 Å². The van der Waals surface area contributed by atoms with Crippen LogP contribution in [0.25, 0.3) is 0 Å². The highest BCUT2D eigenvalue weighted by Gasteiger charge is 2.48. The fraction of sp³-hybridized carbons (Fsp3) is 0.909. The molecule has 0 spiro atoms. The van der Waals surface area contributed by atoms with Crippen molar-refractivity contribution < 1.29 is 9.59 Å². The number of hydrogen-bond donors (Lipinski definition) is 2. The summed E-state index contributed by atoms with van der Waals surface area (Å²) in [5.74, 6) is 4.61. The van der Waals surface area contributed by atoms with E-state index in [-0.39, 0.29) is 11.8 Å². The molecule has 0 aromatic rings. The topological polar surface area (TPSA) is 58.2 Å². The summed E-state index contributed by atoms with van der Waals surface area (Å²) in [7, 11) is 0. The largest absolute Gasteiger partial charge is 0.353 e. The lowest BCUT2D eigenvalue weighted by Crippen LogP contribution is -2.55. The van der Waals surface area contributed by atoms with Crippen molar-refractivity contribution in [2.24, 2.45) is 35.5 Å². The van der Waals surface area contributed by atoms with Gasteiger partial charge in [0.25, 0.3) is 0 Å². The maximum absolute atomic E-state index is 12.5. The van der Waals surface area contributed by atoms with E-state index in [9.17, 15) is 9.59 Å². The van der Waals surface area contributed by atoms with Gasteiger partial charge < -0.3 is 10.6 Å². The van der Waals surface area contributed by atoms with Crippen molar-refractivity contribution in [3.8, 4) is 0 Å².